The number of para-hydroxylation sites is 1. The first-order valence-corrected chi connectivity index (χ1v) is 9.80. The fourth-order valence-electron chi connectivity index (χ4n) is 2.58. The third kappa shape index (κ3) is 3.49. The molecular formula is C19H15N3O2S2. The summed E-state index contributed by atoms with van der Waals surface area (Å²) in [7, 11) is 0. The normalized spacial score (nSPS) is 11.0. The molecule has 0 aliphatic carbocycles. The van der Waals surface area contributed by atoms with Gasteiger partial charge in [0.25, 0.3) is 5.91 Å². The summed E-state index contributed by atoms with van der Waals surface area (Å²) in [6.07, 6.45) is 0. The molecule has 0 spiro atoms. The number of fused-ring (bicyclic) bond motifs is 1. The number of anilines is 1. The molecule has 4 aromatic rings. The van der Waals surface area contributed by atoms with Crippen molar-refractivity contribution in [3.8, 4) is 0 Å². The highest BCUT2D eigenvalue weighted by atomic mass is 32.2. The van der Waals surface area contributed by atoms with Crippen LogP contribution in [0.1, 0.15) is 21.7 Å². The van der Waals surface area contributed by atoms with Crippen molar-refractivity contribution in [2.24, 2.45) is 0 Å². The van der Waals surface area contributed by atoms with Gasteiger partial charge in [0.05, 0.1) is 0 Å². The van der Waals surface area contributed by atoms with E-state index >= 15 is 0 Å². The molecule has 2 aromatic carbocycles. The summed E-state index contributed by atoms with van der Waals surface area (Å²) in [6, 6.07) is 17.8. The van der Waals surface area contributed by atoms with Crippen LogP contribution in [0.3, 0.4) is 0 Å². The number of hydrogen-bond acceptors (Lipinski definition) is 6. The summed E-state index contributed by atoms with van der Waals surface area (Å²) < 4.78 is 6.49. The molecule has 4 rings (SSSR count). The summed E-state index contributed by atoms with van der Waals surface area (Å²) >= 11 is 2.95. The van der Waals surface area contributed by atoms with Gasteiger partial charge < -0.3 is 4.42 Å². The SMILES string of the molecule is Cc1c(C(=O)Nc2nnc(SCc3ccccc3)s2)oc2ccccc12. The Labute approximate surface area is 158 Å². The molecule has 0 saturated heterocycles. The second-order valence-electron chi connectivity index (χ2n) is 5.65. The molecule has 7 heteroatoms. The van der Waals surface area contributed by atoms with Gasteiger partial charge in [-0.2, -0.15) is 0 Å². The first-order valence-electron chi connectivity index (χ1n) is 8.00. The van der Waals surface area contributed by atoms with E-state index in [9.17, 15) is 4.79 Å². The Morgan fingerprint density at radius 3 is 2.69 bits per heavy atom. The minimum atomic E-state index is -0.311. The number of aromatic nitrogens is 2. The molecule has 5 nitrogen and oxygen atoms in total. The van der Waals surface area contributed by atoms with E-state index in [2.05, 4.69) is 27.6 Å². The van der Waals surface area contributed by atoms with Crippen molar-refractivity contribution in [1.29, 1.82) is 0 Å². The molecule has 2 heterocycles. The standard InChI is InChI=1S/C19H15N3O2S2/c1-12-14-9-5-6-10-15(14)24-16(12)17(23)20-18-21-22-19(26-18)25-11-13-7-3-2-4-8-13/h2-10H,11H2,1H3,(H,20,21,23). The summed E-state index contributed by atoms with van der Waals surface area (Å²) in [6.45, 7) is 1.88. The topological polar surface area (TPSA) is 68.0 Å². The van der Waals surface area contributed by atoms with Gasteiger partial charge in [0.1, 0.15) is 5.58 Å². The maximum absolute atomic E-state index is 12.5. The Hall–Kier alpha value is -2.64. The zero-order valence-electron chi connectivity index (χ0n) is 13.9. The van der Waals surface area contributed by atoms with Gasteiger partial charge in [-0.3, -0.25) is 10.1 Å². The molecule has 130 valence electrons. The Kier molecular flexibility index (Phi) is 4.73. The van der Waals surface area contributed by atoms with E-state index in [4.69, 9.17) is 4.42 Å². The monoisotopic (exact) mass is 381 g/mol. The smallest absolute Gasteiger partial charge is 0.293 e. The molecule has 0 radical (unpaired) electrons. The van der Waals surface area contributed by atoms with Gasteiger partial charge in [-0.1, -0.05) is 71.6 Å². The Morgan fingerprint density at radius 2 is 1.88 bits per heavy atom. The molecule has 0 saturated carbocycles. The number of hydrogen-bond donors (Lipinski definition) is 1. The zero-order chi connectivity index (χ0) is 17.9. The second-order valence-corrected chi connectivity index (χ2v) is 7.85. The van der Waals surface area contributed by atoms with E-state index in [-0.39, 0.29) is 5.91 Å². The van der Waals surface area contributed by atoms with Gasteiger partial charge >= 0.3 is 0 Å². The van der Waals surface area contributed by atoms with Crippen molar-refractivity contribution in [3.63, 3.8) is 0 Å². The van der Waals surface area contributed by atoms with E-state index in [1.54, 1.807) is 11.8 Å². The van der Waals surface area contributed by atoms with Crippen molar-refractivity contribution in [2.75, 3.05) is 5.32 Å². The summed E-state index contributed by atoms with van der Waals surface area (Å²) in [5.41, 5.74) is 2.74. The van der Waals surface area contributed by atoms with Crippen molar-refractivity contribution in [1.82, 2.24) is 10.2 Å². The molecular weight excluding hydrogens is 366 g/mol. The number of aryl methyl sites for hydroxylation is 1. The van der Waals surface area contributed by atoms with Crippen LogP contribution in [0, 0.1) is 6.92 Å². The first-order chi connectivity index (χ1) is 12.7. The van der Waals surface area contributed by atoms with E-state index in [1.165, 1.54) is 16.9 Å². The highest BCUT2D eigenvalue weighted by molar-refractivity contribution is 8.00. The molecule has 0 unspecified atom stereocenters. The average Bonchev–Trinajstić information content (AvgIpc) is 3.25. The number of nitrogens with zero attached hydrogens (tertiary/aromatic N) is 2. The third-order valence-electron chi connectivity index (χ3n) is 3.88. The van der Waals surface area contributed by atoms with Crippen LogP contribution < -0.4 is 5.32 Å². The number of furan rings is 1. The molecule has 26 heavy (non-hydrogen) atoms. The predicted molar refractivity (Wildman–Crippen MR) is 105 cm³/mol. The van der Waals surface area contributed by atoms with Gasteiger partial charge in [0.15, 0.2) is 10.1 Å². The number of nitrogens with one attached hydrogen (secondary N) is 1. The molecule has 0 fully saturated rings. The first kappa shape index (κ1) is 16.8. The van der Waals surface area contributed by atoms with E-state index < -0.39 is 0 Å². The highest BCUT2D eigenvalue weighted by Crippen LogP contribution is 2.30. The maximum atomic E-state index is 12.5. The van der Waals surface area contributed by atoms with Crippen molar-refractivity contribution < 1.29 is 9.21 Å². The molecule has 0 atom stereocenters. The van der Waals surface area contributed by atoms with Crippen LogP contribution >= 0.6 is 23.1 Å². The number of rotatable bonds is 5. The van der Waals surface area contributed by atoms with Gasteiger partial charge in [0.2, 0.25) is 5.13 Å². The van der Waals surface area contributed by atoms with Crippen LogP contribution in [0.25, 0.3) is 11.0 Å². The number of amides is 1. The Morgan fingerprint density at radius 1 is 1.12 bits per heavy atom. The van der Waals surface area contributed by atoms with Crippen LogP contribution in [-0.4, -0.2) is 16.1 Å². The van der Waals surface area contributed by atoms with Crippen LogP contribution in [0.5, 0.6) is 0 Å². The number of carbonyl (C=O) groups excluding carboxylic acids is 1. The van der Waals surface area contributed by atoms with Gasteiger partial charge in [-0.05, 0) is 18.6 Å². The van der Waals surface area contributed by atoms with Gasteiger partial charge in [-0.15, -0.1) is 10.2 Å². The summed E-state index contributed by atoms with van der Waals surface area (Å²) in [5, 5.41) is 12.4. The minimum absolute atomic E-state index is 0.305. The molecule has 1 amide bonds. The number of thioether (sulfide) groups is 1. The molecule has 0 aliphatic rings. The van der Waals surface area contributed by atoms with Gasteiger partial charge in [0, 0.05) is 16.7 Å². The second kappa shape index (κ2) is 7.31. The van der Waals surface area contributed by atoms with Crippen LogP contribution in [0.4, 0.5) is 5.13 Å². The van der Waals surface area contributed by atoms with E-state index in [0.717, 1.165) is 21.0 Å². The summed E-state index contributed by atoms with van der Waals surface area (Å²) in [5.74, 6) is 0.806. The molecule has 1 N–H and O–H groups in total. The van der Waals surface area contributed by atoms with Crippen molar-refractivity contribution in [3.05, 3.63) is 71.5 Å². The van der Waals surface area contributed by atoms with Gasteiger partial charge in [-0.25, -0.2) is 0 Å². The van der Waals surface area contributed by atoms with Crippen molar-refractivity contribution >= 4 is 45.1 Å². The number of benzene rings is 2. The molecule has 0 aliphatic heterocycles. The lowest BCUT2D eigenvalue weighted by Crippen LogP contribution is -2.11. The number of carbonyl (C=O) groups is 1. The lowest BCUT2D eigenvalue weighted by atomic mass is 10.1. The lowest BCUT2D eigenvalue weighted by molar-refractivity contribution is 0.0998. The molecule has 2 aromatic heterocycles. The van der Waals surface area contributed by atoms with E-state index in [0.29, 0.717) is 16.5 Å². The third-order valence-corrected chi connectivity index (χ3v) is 5.93. The molecule has 0 bridgehead atoms. The fourth-order valence-corrected chi connectivity index (χ4v) is 4.29. The van der Waals surface area contributed by atoms with Crippen molar-refractivity contribution in [2.45, 2.75) is 17.0 Å². The van der Waals surface area contributed by atoms with Crippen LogP contribution in [0.15, 0.2) is 63.4 Å². The fraction of sp³-hybridized carbons (Fsp3) is 0.105. The zero-order valence-corrected chi connectivity index (χ0v) is 15.6. The largest absolute Gasteiger partial charge is 0.451 e. The quantitative estimate of drug-likeness (QED) is 0.383. The Balaban J connectivity index is 1.44. The summed E-state index contributed by atoms with van der Waals surface area (Å²) in [4.78, 5) is 12.5. The predicted octanol–water partition coefficient (Wildman–Crippen LogP) is 5.14. The van der Waals surface area contributed by atoms with Crippen LogP contribution in [-0.2, 0) is 5.75 Å². The highest BCUT2D eigenvalue weighted by Gasteiger charge is 2.19. The van der Waals surface area contributed by atoms with Crippen LogP contribution in [0.2, 0.25) is 0 Å². The Bertz CT molecular complexity index is 1060. The van der Waals surface area contributed by atoms with E-state index in [1.807, 2.05) is 49.4 Å². The average molecular weight is 381 g/mol. The minimum Gasteiger partial charge on any atom is -0.451 e. The maximum Gasteiger partial charge on any atom is 0.293 e. The lowest BCUT2D eigenvalue weighted by Gasteiger charge is -1.98.